The van der Waals surface area contributed by atoms with Gasteiger partial charge in [0, 0.05) is 4.47 Å². The molecule has 0 aromatic heterocycles. The highest BCUT2D eigenvalue weighted by molar-refractivity contribution is 9.10. The molecule has 5 nitrogen and oxygen atoms in total. The third kappa shape index (κ3) is 7.53. The number of hydrogen-bond donors (Lipinski definition) is 0. The van der Waals surface area contributed by atoms with Gasteiger partial charge >= 0.3 is 0 Å². The van der Waals surface area contributed by atoms with Crippen LogP contribution < -0.4 is 4.74 Å². The minimum absolute atomic E-state index is 0.318. The van der Waals surface area contributed by atoms with Crippen molar-refractivity contribution in [2.45, 2.75) is 44.4 Å². The zero-order valence-electron chi connectivity index (χ0n) is 21.0. The van der Waals surface area contributed by atoms with Crippen LogP contribution in [0.5, 0.6) is 5.75 Å². The maximum Gasteiger partial charge on any atom is 0.229 e. The molecule has 0 aliphatic carbocycles. The maximum atomic E-state index is 6.54. The van der Waals surface area contributed by atoms with Gasteiger partial charge in [0.25, 0.3) is 0 Å². The van der Waals surface area contributed by atoms with E-state index in [0.717, 1.165) is 21.2 Å². The molecule has 1 heterocycles. The second kappa shape index (κ2) is 13.7. The highest BCUT2D eigenvalue weighted by Gasteiger charge is 2.44. The van der Waals surface area contributed by atoms with Crippen molar-refractivity contribution < 1.29 is 23.7 Å². The Hall–Kier alpha value is -3.00. The smallest absolute Gasteiger partial charge is 0.229 e. The van der Waals surface area contributed by atoms with Crippen molar-refractivity contribution in [1.82, 2.24) is 0 Å². The lowest BCUT2D eigenvalue weighted by molar-refractivity contribution is -0.278. The number of benzene rings is 4. The van der Waals surface area contributed by atoms with Gasteiger partial charge in [0.05, 0.1) is 26.4 Å². The minimum atomic E-state index is -0.669. The summed E-state index contributed by atoms with van der Waals surface area (Å²) in [6.07, 6.45) is -1.96. The van der Waals surface area contributed by atoms with Gasteiger partial charge in [0.1, 0.15) is 24.1 Å². The van der Waals surface area contributed by atoms with Crippen molar-refractivity contribution >= 4 is 15.9 Å². The van der Waals surface area contributed by atoms with Gasteiger partial charge in [0.15, 0.2) is 0 Å². The van der Waals surface area contributed by atoms with Crippen molar-refractivity contribution in [3.05, 3.63) is 136 Å². The summed E-state index contributed by atoms with van der Waals surface area (Å²) in [5, 5.41) is 0. The van der Waals surface area contributed by atoms with Crippen LogP contribution in [0.1, 0.15) is 16.7 Å². The van der Waals surface area contributed by atoms with Crippen molar-refractivity contribution in [3.63, 3.8) is 0 Å². The van der Waals surface area contributed by atoms with Crippen LogP contribution in [0.3, 0.4) is 0 Å². The maximum absolute atomic E-state index is 6.54. The summed E-state index contributed by atoms with van der Waals surface area (Å²) in [6, 6.07) is 38.0. The van der Waals surface area contributed by atoms with Crippen LogP contribution in [0.2, 0.25) is 0 Å². The molecule has 6 heteroatoms. The quantitative estimate of drug-likeness (QED) is 0.194. The van der Waals surface area contributed by atoms with E-state index >= 15 is 0 Å². The Labute approximate surface area is 232 Å². The lowest BCUT2D eigenvalue weighted by atomic mass is 10.0. The number of halogens is 1. The van der Waals surface area contributed by atoms with E-state index in [2.05, 4.69) is 28.1 Å². The van der Waals surface area contributed by atoms with E-state index in [1.165, 1.54) is 0 Å². The number of rotatable bonds is 11. The molecule has 5 rings (SSSR count). The molecule has 1 saturated heterocycles. The molecule has 0 bridgehead atoms. The third-order valence-electron chi connectivity index (χ3n) is 6.33. The summed E-state index contributed by atoms with van der Waals surface area (Å²) in [5.41, 5.74) is 3.22. The lowest BCUT2D eigenvalue weighted by Crippen LogP contribution is -2.57. The van der Waals surface area contributed by atoms with Gasteiger partial charge in [-0.15, -0.1) is 0 Å². The highest BCUT2D eigenvalue weighted by atomic mass is 79.9. The average Bonchev–Trinajstić information content (AvgIpc) is 2.97. The second-order valence-electron chi connectivity index (χ2n) is 9.13. The second-order valence-corrected chi connectivity index (χ2v) is 10.0. The SMILES string of the molecule is Brc1ccc(O[C@@H]2OC[C@@H](OCc3ccccc3)[C@H](OCc3ccccc3)[C@H]2OCc2ccccc2)cc1. The standard InChI is InChI=1S/C32H31BrO5/c33-27-16-18-28(19-17-27)38-32-31(36-22-26-14-8-3-9-15-26)30(35-21-25-12-6-2-7-13-25)29(23-37-32)34-20-24-10-4-1-5-11-24/h1-19,29-32H,20-23H2/t29-,30+,31-,32+/m1/s1. The third-order valence-corrected chi connectivity index (χ3v) is 6.86. The molecule has 1 aliphatic heterocycles. The van der Waals surface area contributed by atoms with E-state index in [9.17, 15) is 0 Å². The van der Waals surface area contributed by atoms with Crippen LogP contribution >= 0.6 is 15.9 Å². The summed E-state index contributed by atoms with van der Waals surface area (Å²) >= 11 is 3.48. The summed E-state index contributed by atoms with van der Waals surface area (Å²) in [4.78, 5) is 0. The summed E-state index contributed by atoms with van der Waals surface area (Å²) < 4.78 is 32.9. The molecular weight excluding hydrogens is 544 g/mol. The van der Waals surface area contributed by atoms with Gasteiger partial charge in [0.2, 0.25) is 6.29 Å². The molecule has 4 aromatic carbocycles. The first kappa shape index (κ1) is 26.6. The van der Waals surface area contributed by atoms with Crippen molar-refractivity contribution in [2.24, 2.45) is 0 Å². The predicted molar refractivity (Wildman–Crippen MR) is 150 cm³/mol. The monoisotopic (exact) mass is 574 g/mol. The Morgan fingerprint density at radius 3 is 1.58 bits per heavy atom. The minimum Gasteiger partial charge on any atom is -0.462 e. The molecule has 0 amide bonds. The molecular formula is C32H31BrO5. The van der Waals surface area contributed by atoms with E-state index in [-0.39, 0.29) is 6.10 Å². The van der Waals surface area contributed by atoms with Crippen molar-refractivity contribution in [3.8, 4) is 5.75 Å². The first-order chi connectivity index (χ1) is 18.7. The Balaban J connectivity index is 1.38. The van der Waals surface area contributed by atoms with Crippen molar-refractivity contribution in [2.75, 3.05) is 6.61 Å². The Kier molecular flexibility index (Phi) is 9.59. The molecule has 0 spiro atoms. The zero-order valence-corrected chi connectivity index (χ0v) is 22.6. The molecule has 196 valence electrons. The Bertz CT molecular complexity index is 1220. The van der Waals surface area contributed by atoms with Crippen LogP contribution in [-0.4, -0.2) is 31.2 Å². The van der Waals surface area contributed by atoms with E-state index in [0.29, 0.717) is 32.2 Å². The van der Waals surface area contributed by atoms with Gasteiger partial charge in [-0.1, -0.05) is 107 Å². The fourth-order valence-electron chi connectivity index (χ4n) is 4.32. The molecule has 0 N–H and O–H groups in total. The normalized spacial score (nSPS) is 21.2. The number of hydrogen-bond acceptors (Lipinski definition) is 5. The lowest BCUT2D eigenvalue weighted by Gasteiger charge is -2.41. The summed E-state index contributed by atoms with van der Waals surface area (Å²) in [7, 11) is 0. The fraction of sp³-hybridized carbons (Fsp3) is 0.250. The molecule has 38 heavy (non-hydrogen) atoms. The topological polar surface area (TPSA) is 46.2 Å². The van der Waals surface area contributed by atoms with E-state index < -0.39 is 18.5 Å². The molecule has 0 unspecified atom stereocenters. The van der Waals surface area contributed by atoms with Crippen LogP contribution in [0.25, 0.3) is 0 Å². The van der Waals surface area contributed by atoms with Crippen LogP contribution in [0.15, 0.2) is 120 Å². The fourth-order valence-corrected chi connectivity index (χ4v) is 4.59. The van der Waals surface area contributed by atoms with Gasteiger partial charge < -0.3 is 23.7 Å². The number of ether oxygens (including phenoxy) is 5. The van der Waals surface area contributed by atoms with E-state index in [4.69, 9.17) is 23.7 Å². The zero-order chi connectivity index (χ0) is 26.0. The van der Waals surface area contributed by atoms with Crippen LogP contribution in [-0.2, 0) is 38.8 Å². The summed E-state index contributed by atoms with van der Waals surface area (Å²) in [5.74, 6) is 0.692. The molecule has 4 atom stereocenters. The summed E-state index contributed by atoms with van der Waals surface area (Å²) in [6.45, 7) is 1.58. The Morgan fingerprint density at radius 1 is 0.579 bits per heavy atom. The average molecular weight is 575 g/mol. The van der Waals surface area contributed by atoms with Crippen LogP contribution in [0, 0.1) is 0 Å². The van der Waals surface area contributed by atoms with Gasteiger partial charge in [-0.25, -0.2) is 0 Å². The predicted octanol–water partition coefficient (Wildman–Crippen LogP) is 6.94. The van der Waals surface area contributed by atoms with Gasteiger partial charge in [-0.05, 0) is 41.0 Å². The first-order valence-electron chi connectivity index (χ1n) is 12.7. The van der Waals surface area contributed by atoms with Gasteiger partial charge in [-0.2, -0.15) is 0 Å². The van der Waals surface area contributed by atoms with Crippen molar-refractivity contribution in [1.29, 1.82) is 0 Å². The van der Waals surface area contributed by atoms with E-state index in [1.54, 1.807) is 0 Å². The Morgan fingerprint density at radius 2 is 1.05 bits per heavy atom. The van der Waals surface area contributed by atoms with Crippen LogP contribution in [0.4, 0.5) is 0 Å². The molecule has 1 fully saturated rings. The highest BCUT2D eigenvalue weighted by Crippen LogP contribution is 2.29. The largest absolute Gasteiger partial charge is 0.462 e. The molecule has 4 aromatic rings. The molecule has 1 aliphatic rings. The van der Waals surface area contributed by atoms with E-state index in [1.807, 2.05) is 103 Å². The van der Waals surface area contributed by atoms with Gasteiger partial charge in [-0.3, -0.25) is 0 Å². The molecule has 0 saturated carbocycles. The first-order valence-corrected chi connectivity index (χ1v) is 13.5. The molecule has 0 radical (unpaired) electrons.